The van der Waals surface area contributed by atoms with Crippen molar-refractivity contribution < 1.29 is 42.8 Å². The molecule has 7 rings (SSSR count). The summed E-state index contributed by atoms with van der Waals surface area (Å²) in [6, 6.07) is 57.0. The Bertz CT molecular complexity index is 2080. The van der Waals surface area contributed by atoms with Gasteiger partial charge in [0.15, 0.2) is 5.85 Å². The van der Waals surface area contributed by atoms with E-state index in [-0.39, 0.29) is 39.6 Å². The summed E-state index contributed by atoms with van der Waals surface area (Å²) in [5.41, 5.74) is 4.94. The van der Waals surface area contributed by atoms with Gasteiger partial charge in [-0.25, -0.2) is 0 Å². The van der Waals surface area contributed by atoms with Crippen molar-refractivity contribution >= 4 is 7.60 Å². The molecular formula is C49H51O9P. The standard InChI is InChI=1S/C49H51O9P/c50-44-45(53-31-37-19-7-1-8-20-37)43(49(51)59(52,57-35-41-27-15-5-16-28-41)58-36-42-29-17-6-18-30-42)46(54-32-38-21-9-2-10-22-38)48(56-34-40-25-13-4-14-26-40)47(44)55-33-39-23-11-3-12-24-39/h1-30,43-51H,31-36H2/t43-,44+,45+,46+,47-,48-,49+/m0/s1. The van der Waals surface area contributed by atoms with E-state index >= 15 is 4.57 Å². The Morgan fingerprint density at radius 1 is 0.390 bits per heavy atom. The van der Waals surface area contributed by atoms with E-state index in [2.05, 4.69) is 0 Å². The summed E-state index contributed by atoms with van der Waals surface area (Å²) in [5.74, 6) is -3.07. The lowest BCUT2D eigenvalue weighted by atomic mass is 9.77. The fourth-order valence-electron chi connectivity index (χ4n) is 7.28. The van der Waals surface area contributed by atoms with Crippen LogP contribution in [0.25, 0.3) is 0 Å². The normalized spacial score (nSPS) is 21.2. The van der Waals surface area contributed by atoms with Gasteiger partial charge in [-0.3, -0.25) is 4.57 Å². The molecule has 1 fully saturated rings. The summed E-state index contributed by atoms with van der Waals surface area (Å²) in [5, 5.41) is 25.4. The fourth-order valence-corrected chi connectivity index (χ4v) is 9.08. The number of ether oxygens (including phenoxy) is 4. The number of hydrogen-bond acceptors (Lipinski definition) is 9. The molecule has 1 saturated carbocycles. The van der Waals surface area contributed by atoms with E-state index < -0.39 is 49.9 Å². The van der Waals surface area contributed by atoms with Crippen LogP contribution >= 0.6 is 7.60 Å². The highest BCUT2D eigenvalue weighted by Gasteiger charge is 2.59. The number of aliphatic hydroxyl groups excluding tert-OH is 2. The van der Waals surface area contributed by atoms with Crippen LogP contribution in [0.3, 0.4) is 0 Å². The largest absolute Gasteiger partial charge is 0.388 e. The third-order valence-electron chi connectivity index (χ3n) is 10.4. The number of benzene rings is 6. The van der Waals surface area contributed by atoms with Crippen molar-refractivity contribution in [2.75, 3.05) is 0 Å². The molecule has 0 amide bonds. The molecule has 2 N–H and O–H groups in total. The minimum Gasteiger partial charge on any atom is -0.388 e. The van der Waals surface area contributed by atoms with E-state index in [0.29, 0.717) is 0 Å². The Kier molecular flexibility index (Phi) is 15.4. The van der Waals surface area contributed by atoms with Gasteiger partial charge in [-0.05, 0) is 33.4 Å². The van der Waals surface area contributed by atoms with Gasteiger partial charge in [0, 0.05) is 0 Å². The van der Waals surface area contributed by atoms with Crippen molar-refractivity contribution in [3.05, 3.63) is 215 Å². The van der Waals surface area contributed by atoms with Crippen LogP contribution < -0.4 is 0 Å². The van der Waals surface area contributed by atoms with Crippen molar-refractivity contribution in [3.63, 3.8) is 0 Å². The second-order valence-corrected chi connectivity index (χ2v) is 16.7. The molecule has 0 bridgehead atoms. The lowest BCUT2D eigenvalue weighted by molar-refractivity contribution is -0.267. The molecule has 0 unspecified atom stereocenters. The molecule has 0 aromatic heterocycles. The van der Waals surface area contributed by atoms with Gasteiger partial charge in [-0.1, -0.05) is 182 Å². The second-order valence-electron chi connectivity index (χ2n) is 14.6. The highest BCUT2D eigenvalue weighted by atomic mass is 31.2. The lowest BCUT2D eigenvalue weighted by Crippen LogP contribution is -2.66. The van der Waals surface area contributed by atoms with Gasteiger partial charge in [-0.15, -0.1) is 0 Å². The molecule has 0 heterocycles. The smallest absolute Gasteiger partial charge is 0.360 e. The zero-order valence-electron chi connectivity index (χ0n) is 32.8. The van der Waals surface area contributed by atoms with Crippen molar-refractivity contribution in [1.82, 2.24) is 0 Å². The summed E-state index contributed by atoms with van der Waals surface area (Å²) in [6.45, 7) is 0.240. The Morgan fingerprint density at radius 3 is 1.00 bits per heavy atom. The van der Waals surface area contributed by atoms with Crippen LogP contribution in [-0.4, -0.2) is 46.6 Å². The fraction of sp³-hybridized carbons (Fsp3) is 0.265. The maximum absolute atomic E-state index is 15.4. The van der Waals surface area contributed by atoms with Crippen molar-refractivity contribution in [2.24, 2.45) is 5.92 Å². The van der Waals surface area contributed by atoms with Gasteiger partial charge in [0.05, 0.1) is 57.8 Å². The highest BCUT2D eigenvalue weighted by Crippen LogP contribution is 2.58. The maximum Gasteiger partial charge on any atom is 0.360 e. The predicted octanol–water partition coefficient (Wildman–Crippen LogP) is 9.26. The van der Waals surface area contributed by atoms with Crippen LogP contribution in [0.2, 0.25) is 0 Å². The number of aliphatic hydroxyl groups is 2. The van der Waals surface area contributed by atoms with Crippen molar-refractivity contribution in [1.29, 1.82) is 0 Å². The van der Waals surface area contributed by atoms with Crippen LogP contribution in [0.1, 0.15) is 33.4 Å². The topological polar surface area (TPSA) is 113 Å². The number of hydrogen-bond donors (Lipinski definition) is 2. The molecule has 7 atom stereocenters. The molecule has 9 nitrogen and oxygen atoms in total. The molecule has 59 heavy (non-hydrogen) atoms. The van der Waals surface area contributed by atoms with Gasteiger partial charge in [0.2, 0.25) is 0 Å². The predicted molar refractivity (Wildman–Crippen MR) is 226 cm³/mol. The van der Waals surface area contributed by atoms with Crippen molar-refractivity contribution in [2.45, 2.75) is 76.0 Å². The Labute approximate surface area is 346 Å². The Hall–Kier alpha value is -4.77. The molecule has 6 aromatic rings. The first kappa shape index (κ1) is 42.4. The first-order valence-corrected chi connectivity index (χ1v) is 21.5. The Balaban J connectivity index is 1.31. The average Bonchev–Trinajstić information content (AvgIpc) is 3.30. The van der Waals surface area contributed by atoms with E-state index in [1.54, 1.807) is 0 Å². The number of rotatable bonds is 20. The SMILES string of the molecule is O=P(OCc1ccccc1)(OCc1ccccc1)[C@@H](O)[C@H]1[C@@H](OCc2ccccc2)[C@@H](O)[C@H](OCc2ccccc2)[C@@H](OCc2ccccc2)[C@@H]1OCc1ccccc1. The van der Waals surface area contributed by atoms with Gasteiger partial charge in [0.1, 0.15) is 18.3 Å². The van der Waals surface area contributed by atoms with Crippen LogP contribution in [0.5, 0.6) is 0 Å². The highest BCUT2D eigenvalue weighted by molar-refractivity contribution is 7.54. The third kappa shape index (κ3) is 11.7. The van der Waals surface area contributed by atoms with E-state index in [4.69, 9.17) is 28.0 Å². The third-order valence-corrected chi connectivity index (χ3v) is 12.4. The quantitative estimate of drug-likeness (QED) is 0.0729. The van der Waals surface area contributed by atoms with E-state index in [1.807, 2.05) is 182 Å². The molecule has 0 saturated heterocycles. The summed E-state index contributed by atoms with van der Waals surface area (Å²) >= 11 is 0. The zero-order chi connectivity index (χ0) is 40.7. The van der Waals surface area contributed by atoms with Gasteiger partial charge < -0.3 is 38.2 Å². The molecule has 0 aliphatic heterocycles. The van der Waals surface area contributed by atoms with Gasteiger partial charge in [0.25, 0.3) is 0 Å². The molecule has 6 aromatic carbocycles. The van der Waals surface area contributed by atoms with E-state index in [9.17, 15) is 10.2 Å². The second kappa shape index (κ2) is 21.5. The molecular weight excluding hydrogens is 764 g/mol. The van der Waals surface area contributed by atoms with Crippen molar-refractivity contribution in [3.8, 4) is 0 Å². The van der Waals surface area contributed by atoms with Gasteiger partial charge >= 0.3 is 7.60 Å². The minimum atomic E-state index is -4.50. The molecule has 306 valence electrons. The maximum atomic E-state index is 15.4. The lowest BCUT2D eigenvalue weighted by Gasteiger charge is -2.50. The van der Waals surface area contributed by atoms with Crippen LogP contribution in [0, 0.1) is 5.92 Å². The van der Waals surface area contributed by atoms with Crippen LogP contribution in [0.4, 0.5) is 0 Å². The summed E-state index contributed by atoms with van der Waals surface area (Å²) in [4.78, 5) is 0. The molecule has 0 spiro atoms. The first-order valence-electron chi connectivity index (χ1n) is 19.9. The molecule has 10 heteroatoms. The summed E-state index contributed by atoms with van der Waals surface area (Å²) in [7, 11) is -4.50. The van der Waals surface area contributed by atoms with E-state index in [0.717, 1.165) is 33.4 Å². The Morgan fingerprint density at radius 2 is 0.661 bits per heavy atom. The molecule has 0 radical (unpaired) electrons. The van der Waals surface area contributed by atoms with Crippen LogP contribution in [-0.2, 0) is 72.2 Å². The summed E-state index contributed by atoms with van der Waals surface area (Å²) < 4.78 is 54.8. The van der Waals surface area contributed by atoms with Crippen LogP contribution in [0.15, 0.2) is 182 Å². The van der Waals surface area contributed by atoms with Gasteiger partial charge in [-0.2, -0.15) is 0 Å². The molecule has 1 aliphatic carbocycles. The zero-order valence-corrected chi connectivity index (χ0v) is 33.7. The average molecular weight is 815 g/mol. The monoisotopic (exact) mass is 814 g/mol. The summed E-state index contributed by atoms with van der Waals surface area (Å²) in [6.07, 6.45) is -5.66. The van der Waals surface area contributed by atoms with E-state index in [1.165, 1.54) is 0 Å². The minimum absolute atomic E-state index is 0.0676. The molecule has 1 aliphatic rings. The first-order chi connectivity index (χ1) is 29.0.